The predicted octanol–water partition coefficient (Wildman–Crippen LogP) is 2.36. The van der Waals surface area contributed by atoms with Crippen LogP contribution in [0.1, 0.15) is 35.9 Å². The summed E-state index contributed by atoms with van der Waals surface area (Å²) in [6.45, 7) is 3.95. The summed E-state index contributed by atoms with van der Waals surface area (Å²) in [4.78, 5) is 3.18. The van der Waals surface area contributed by atoms with Gasteiger partial charge in [0.05, 0.1) is 0 Å². The van der Waals surface area contributed by atoms with Gasteiger partial charge in [0.25, 0.3) is 5.89 Å². The standard InChI is InChI=1S/C11H12N3O/c1-6-5-7(2)12-9(6)11-14-13-10(15-11)8-3-4-8/h8,12H,3-4H2,1-2H3. The second kappa shape index (κ2) is 2.95. The third kappa shape index (κ3) is 1.46. The second-order valence-corrected chi connectivity index (χ2v) is 4.09. The minimum absolute atomic E-state index is 0.506. The predicted molar refractivity (Wildman–Crippen MR) is 54.4 cm³/mol. The molecule has 2 heterocycles. The van der Waals surface area contributed by atoms with Crippen LogP contribution in [0.4, 0.5) is 0 Å². The highest BCUT2D eigenvalue weighted by Gasteiger charge is 2.29. The Kier molecular flexibility index (Phi) is 1.71. The Hall–Kier alpha value is -1.58. The van der Waals surface area contributed by atoms with Crippen LogP contribution in [-0.2, 0) is 0 Å². The minimum Gasteiger partial charge on any atom is -0.419 e. The Morgan fingerprint density at radius 2 is 2.13 bits per heavy atom. The molecule has 4 heteroatoms. The maximum Gasteiger partial charge on any atom is 0.264 e. The molecule has 0 saturated heterocycles. The summed E-state index contributed by atoms with van der Waals surface area (Å²) in [5.74, 6) is 1.86. The lowest BCUT2D eigenvalue weighted by molar-refractivity contribution is 0.507. The molecular formula is C11H12N3O. The number of aromatic amines is 1. The smallest absolute Gasteiger partial charge is 0.264 e. The molecule has 77 valence electrons. The van der Waals surface area contributed by atoms with Gasteiger partial charge in [-0.15, -0.1) is 10.2 Å². The Morgan fingerprint density at radius 3 is 2.73 bits per heavy atom. The van der Waals surface area contributed by atoms with E-state index < -0.39 is 0 Å². The lowest BCUT2D eigenvalue weighted by Gasteiger charge is -1.91. The first-order chi connectivity index (χ1) is 7.24. The second-order valence-electron chi connectivity index (χ2n) is 4.09. The van der Waals surface area contributed by atoms with Crippen LogP contribution in [-0.4, -0.2) is 15.2 Å². The van der Waals surface area contributed by atoms with Crippen LogP contribution >= 0.6 is 0 Å². The van der Waals surface area contributed by atoms with Gasteiger partial charge < -0.3 is 9.40 Å². The van der Waals surface area contributed by atoms with E-state index in [0.717, 1.165) is 22.8 Å². The number of H-pyrrole nitrogens is 1. The van der Waals surface area contributed by atoms with Gasteiger partial charge in [-0.25, -0.2) is 0 Å². The Labute approximate surface area is 87.7 Å². The maximum absolute atomic E-state index is 5.61. The van der Waals surface area contributed by atoms with E-state index in [-0.39, 0.29) is 0 Å². The first kappa shape index (κ1) is 8.71. The van der Waals surface area contributed by atoms with Crippen LogP contribution < -0.4 is 0 Å². The summed E-state index contributed by atoms with van der Waals surface area (Å²) in [5.41, 5.74) is 2.92. The largest absolute Gasteiger partial charge is 0.419 e. The highest BCUT2D eigenvalue weighted by atomic mass is 16.4. The molecule has 1 saturated carbocycles. The normalized spacial score (nSPS) is 15.9. The van der Waals surface area contributed by atoms with Gasteiger partial charge in [-0.05, 0) is 32.3 Å². The molecule has 2 aromatic heterocycles. The number of aryl methyl sites for hydroxylation is 2. The molecule has 1 aliphatic carbocycles. The van der Waals surface area contributed by atoms with Crippen molar-refractivity contribution >= 4 is 0 Å². The SMILES string of the molecule is Cc1[c]c(C)c(-c2nnc(C3CC3)o2)[nH]1. The van der Waals surface area contributed by atoms with Crippen molar-refractivity contribution in [3.8, 4) is 11.6 Å². The van der Waals surface area contributed by atoms with Crippen LogP contribution in [0, 0.1) is 19.9 Å². The Morgan fingerprint density at radius 1 is 1.33 bits per heavy atom. The highest BCUT2D eigenvalue weighted by molar-refractivity contribution is 5.53. The third-order valence-electron chi connectivity index (χ3n) is 2.64. The molecule has 1 fully saturated rings. The van der Waals surface area contributed by atoms with Gasteiger partial charge in [-0.1, -0.05) is 0 Å². The zero-order chi connectivity index (χ0) is 10.4. The van der Waals surface area contributed by atoms with Crippen molar-refractivity contribution in [2.75, 3.05) is 0 Å². The highest BCUT2D eigenvalue weighted by Crippen LogP contribution is 2.40. The number of rotatable bonds is 2. The fourth-order valence-corrected chi connectivity index (χ4v) is 1.70. The van der Waals surface area contributed by atoms with Crippen molar-refractivity contribution in [2.45, 2.75) is 32.6 Å². The number of hydrogen-bond donors (Lipinski definition) is 1. The summed E-state index contributed by atoms with van der Waals surface area (Å²) in [6, 6.07) is 3.18. The summed E-state index contributed by atoms with van der Waals surface area (Å²) < 4.78 is 5.61. The van der Waals surface area contributed by atoms with Crippen molar-refractivity contribution in [2.24, 2.45) is 0 Å². The molecule has 0 spiro atoms. The average molecular weight is 202 g/mol. The topological polar surface area (TPSA) is 54.7 Å². The van der Waals surface area contributed by atoms with Crippen LogP contribution in [0.15, 0.2) is 4.42 Å². The van der Waals surface area contributed by atoms with E-state index in [1.54, 1.807) is 0 Å². The van der Waals surface area contributed by atoms with E-state index >= 15 is 0 Å². The number of hydrogen-bond acceptors (Lipinski definition) is 3. The molecule has 0 aliphatic heterocycles. The van der Waals surface area contributed by atoms with Crippen LogP contribution in [0.2, 0.25) is 0 Å². The van der Waals surface area contributed by atoms with E-state index in [0.29, 0.717) is 11.8 Å². The van der Waals surface area contributed by atoms with Crippen LogP contribution in [0.3, 0.4) is 0 Å². The quantitative estimate of drug-likeness (QED) is 0.813. The van der Waals surface area contributed by atoms with E-state index in [2.05, 4.69) is 21.2 Å². The van der Waals surface area contributed by atoms with Gasteiger partial charge in [-0.2, -0.15) is 0 Å². The molecular weight excluding hydrogens is 190 g/mol. The Balaban J connectivity index is 2.00. The summed E-state index contributed by atoms with van der Waals surface area (Å²) in [7, 11) is 0. The lowest BCUT2D eigenvalue weighted by atomic mass is 10.2. The van der Waals surface area contributed by atoms with Gasteiger partial charge >= 0.3 is 0 Å². The van der Waals surface area contributed by atoms with Gasteiger partial charge in [-0.3, -0.25) is 0 Å². The number of aromatic nitrogens is 3. The molecule has 1 aliphatic rings. The first-order valence-electron chi connectivity index (χ1n) is 5.16. The van der Waals surface area contributed by atoms with Gasteiger partial charge in [0, 0.05) is 17.7 Å². The Bertz CT molecular complexity index is 494. The molecule has 1 radical (unpaired) electrons. The lowest BCUT2D eigenvalue weighted by Crippen LogP contribution is -1.80. The molecule has 4 nitrogen and oxygen atoms in total. The summed E-state index contributed by atoms with van der Waals surface area (Å²) in [6.07, 6.45) is 2.35. The van der Waals surface area contributed by atoms with Crippen LogP contribution in [0.5, 0.6) is 0 Å². The van der Waals surface area contributed by atoms with Crippen molar-refractivity contribution < 1.29 is 4.42 Å². The molecule has 15 heavy (non-hydrogen) atoms. The minimum atomic E-state index is 0.506. The molecule has 0 unspecified atom stereocenters. The molecule has 1 N–H and O–H groups in total. The summed E-state index contributed by atoms with van der Waals surface area (Å²) >= 11 is 0. The van der Waals surface area contributed by atoms with Crippen molar-refractivity contribution in [3.63, 3.8) is 0 Å². The van der Waals surface area contributed by atoms with E-state index in [1.807, 2.05) is 13.8 Å². The summed E-state index contributed by atoms with van der Waals surface area (Å²) in [5, 5.41) is 8.11. The number of nitrogens with one attached hydrogen (secondary N) is 1. The first-order valence-corrected chi connectivity index (χ1v) is 5.16. The van der Waals surface area contributed by atoms with Crippen molar-refractivity contribution in [1.29, 1.82) is 0 Å². The molecule has 0 atom stereocenters. The molecule has 2 aromatic rings. The van der Waals surface area contributed by atoms with E-state index in [1.165, 1.54) is 12.8 Å². The molecule has 3 rings (SSSR count). The van der Waals surface area contributed by atoms with Crippen molar-refractivity contribution in [1.82, 2.24) is 15.2 Å². The third-order valence-corrected chi connectivity index (χ3v) is 2.64. The van der Waals surface area contributed by atoms with Crippen molar-refractivity contribution in [3.05, 3.63) is 23.2 Å². The van der Waals surface area contributed by atoms with Gasteiger partial charge in [0.2, 0.25) is 5.89 Å². The van der Waals surface area contributed by atoms with E-state index in [4.69, 9.17) is 4.42 Å². The molecule has 0 amide bonds. The zero-order valence-electron chi connectivity index (χ0n) is 8.79. The fraction of sp³-hybridized carbons (Fsp3) is 0.455. The average Bonchev–Trinajstić information content (AvgIpc) is 2.83. The van der Waals surface area contributed by atoms with Crippen LogP contribution in [0.25, 0.3) is 11.6 Å². The fourth-order valence-electron chi connectivity index (χ4n) is 1.70. The van der Waals surface area contributed by atoms with E-state index in [9.17, 15) is 0 Å². The molecule has 0 aromatic carbocycles. The number of nitrogens with zero attached hydrogens (tertiary/aromatic N) is 2. The van der Waals surface area contributed by atoms with Gasteiger partial charge in [0.15, 0.2) is 0 Å². The van der Waals surface area contributed by atoms with Gasteiger partial charge in [0.1, 0.15) is 5.69 Å². The molecule has 0 bridgehead atoms. The monoisotopic (exact) mass is 202 g/mol. The zero-order valence-corrected chi connectivity index (χ0v) is 8.79. The maximum atomic E-state index is 5.61.